The summed E-state index contributed by atoms with van der Waals surface area (Å²) in [5.41, 5.74) is 3.47. The molecule has 1 fully saturated rings. The zero-order valence-corrected chi connectivity index (χ0v) is 16.1. The lowest BCUT2D eigenvalue weighted by atomic mass is 10.1. The van der Waals surface area contributed by atoms with Crippen LogP contribution >= 0.6 is 11.3 Å². The second-order valence-electron chi connectivity index (χ2n) is 6.70. The average Bonchev–Trinajstić information content (AvgIpc) is 3.20. The van der Waals surface area contributed by atoms with Crippen molar-refractivity contribution in [2.75, 3.05) is 43.4 Å². The van der Waals surface area contributed by atoms with E-state index in [1.54, 1.807) is 23.5 Å². The fourth-order valence-electron chi connectivity index (χ4n) is 3.06. The molecule has 0 aliphatic carbocycles. The molecule has 2 aromatic carbocycles. The molecule has 4 rings (SSSR count). The molecule has 0 bridgehead atoms. The summed E-state index contributed by atoms with van der Waals surface area (Å²) >= 11 is 1.69. The number of aromatic nitrogens is 1. The van der Waals surface area contributed by atoms with Gasteiger partial charge in [0.15, 0.2) is 5.13 Å². The van der Waals surface area contributed by atoms with Gasteiger partial charge in [-0.05, 0) is 31.3 Å². The third-order valence-corrected chi connectivity index (χ3v) is 5.64. The van der Waals surface area contributed by atoms with Crippen molar-refractivity contribution in [3.8, 4) is 11.3 Å². The first kappa shape index (κ1) is 17.7. The van der Waals surface area contributed by atoms with E-state index in [4.69, 9.17) is 4.98 Å². The largest absolute Gasteiger partial charge is 0.346 e. The van der Waals surface area contributed by atoms with Gasteiger partial charge in [-0.1, -0.05) is 30.3 Å². The fraction of sp³-hybridized carbons (Fsp3) is 0.238. The van der Waals surface area contributed by atoms with E-state index < -0.39 is 0 Å². The molecule has 1 saturated heterocycles. The summed E-state index contributed by atoms with van der Waals surface area (Å²) in [6.07, 6.45) is 0. The number of carbonyl (C=O) groups is 1. The number of hydrogen-bond donors (Lipinski definition) is 1. The molecule has 27 heavy (non-hydrogen) atoms. The predicted molar refractivity (Wildman–Crippen MR) is 112 cm³/mol. The maximum Gasteiger partial charge on any atom is 0.255 e. The van der Waals surface area contributed by atoms with Crippen molar-refractivity contribution in [3.63, 3.8) is 0 Å². The van der Waals surface area contributed by atoms with E-state index in [1.165, 1.54) is 0 Å². The van der Waals surface area contributed by atoms with Crippen LogP contribution in [0.2, 0.25) is 0 Å². The van der Waals surface area contributed by atoms with E-state index in [2.05, 4.69) is 27.5 Å². The normalized spacial score (nSPS) is 14.9. The maximum absolute atomic E-state index is 12.2. The summed E-state index contributed by atoms with van der Waals surface area (Å²) in [5.74, 6) is -0.102. The smallest absolute Gasteiger partial charge is 0.255 e. The standard InChI is InChI=1S/C21H22N4OS/c1-24-11-13-25(14-12-24)21-23-19(15-27-21)16-7-9-18(10-8-16)22-20(26)17-5-3-2-4-6-17/h2-10,15H,11-14H2,1H3,(H,22,26). The SMILES string of the molecule is CN1CCN(c2nc(-c3ccc(NC(=O)c4ccccc4)cc3)cs2)CC1. The van der Waals surface area contributed by atoms with Crippen LogP contribution in [0.3, 0.4) is 0 Å². The van der Waals surface area contributed by atoms with Gasteiger partial charge in [-0.3, -0.25) is 4.79 Å². The van der Waals surface area contributed by atoms with Crippen LogP contribution < -0.4 is 10.2 Å². The molecule has 0 atom stereocenters. The lowest BCUT2D eigenvalue weighted by Gasteiger charge is -2.32. The van der Waals surface area contributed by atoms with Gasteiger partial charge in [0, 0.05) is 48.4 Å². The minimum atomic E-state index is -0.102. The summed E-state index contributed by atoms with van der Waals surface area (Å²) in [5, 5.41) is 6.11. The number of nitrogens with zero attached hydrogens (tertiary/aromatic N) is 3. The van der Waals surface area contributed by atoms with Crippen LogP contribution in [0.15, 0.2) is 60.0 Å². The third kappa shape index (κ3) is 4.18. The highest BCUT2D eigenvalue weighted by Crippen LogP contribution is 2.28. The summed E-state index contributed by atoms with van der Waals surface area (Å²) in [4.78, 5) is 21.7. The number of carbonyl (C=O) groups excluding carboxylic acids is 1. The summed E-state index contributed by atoms with van der Waals surface area (Å²) in [7, 11) is 2.16. The molecule has 0 radical (unpaired) electrons. The van der Waals surface area contributed by atoms with Gasteiger partial charge in [0.05, 0.1) is 5.69 Å². The van der Waals surface area contributed by atoms with Gasteiger partial charge in [-0.2, -0.15) is 0 Å². The van der Waals surface area contributed by atoms with Crippen molar-refractivity contribution < 1.29 is 4.79 Å². The van der Waals surface area contributed by atoms with Crippen LogP contribution in [0.4, 0.5) is 10.8 Å². The lowest BCUT2D eigenvalue weighted by molar-refractivity contribution is 0.102. The molecule has 1 aliphatic heterocycles. The topological polar surface area (TPSA) is 48.5 Å². The van der Waals surface area contributed by atoms with Gasteiger partial charge < -0.3 is 15.1 Å². The molecule has 1 N–H and O–H groups in total. The first-order valence-electron chi connectivity index (χ1n) is 9.05. The second kappa shape index (κ2) is 7.90. The van der Waals surface area contributed by atoms with Crippen molar-refractivity contribution in [2.45, 2.75) is 0 Å². The number of piperazine rings is 1. The molecule has 0 unspecified atom stereocenters. The quantitative estimate of drug-likeness (QED) is 0.750. The molecular weight excluding hydrogens is 356 g/mol. The molecule has 1 amide bonds. The van der Waals surface area contributed by atoms with Crippen molar-refractivity contribution in [1.29, 1.82) is 0 Å². The van der Waals surface area contributed by atoms with Gasteiger partial charge >= 0.3 is 0 Å². The predicted octanol–water partition coefficient (Wildman–Crippen LogP) is 3.81. The molecule has 0 saturated carbocycles. The molecule has 138 valence electrons. The summed E-state index contributed by atoms with van der Waals surface area (Å²) in [6, 6.07) is 17.1. The third-order valence-electron chi connectivity index (χ3n) is 4.74. The van der Waals surface area contributed by atoms with Crippen molar-refractivity contribution >= 4 is 28.1 Å². The number of likely N-dealkylation sites (N-methyl/N-ethyl adjacent to an activating group) is 1. The Labute approximate surface area is 163 Å². The highest BCUT2D eigenvalue weighted by Gasteiger charge is 2.17. The number of rotatable bonds is 4. The van der Waals surface area contributed by atoms with Gasteiger partial charge in [0.2, 0.25) is 0 Å². The van der Waals surface area contributed by atoms with Crippen molar-refractivity contribution in [3.05, 3.63) is 65.5 Å². The molecule has 1 aliphatic rings. The van der Waals surface area contributed by atoms with Crippen LogP contribution in [0, 0.1) is 0 Å². The number of nitrogens with one attached hydrogen (secondary N) is 1. The Morgan fingerprint density at radius 1 is 1.00 bits per heavy atom. The van der Waals surface area contributed by atoms with Gasteiger partial charge in [-0.15, -0.1) is 11.3 Å². The Hall–Kier alpha value is -2.70. The number of anilines is 2. The van der Waals surface area contributed by atoms with E-state index in [0.29, 0.717) is 5.56 Å². The minimum absolute atomic E-state index is 0.102. The highest BCUT2D eigenvalue weighted by molar-refractivity contribution is 7.14. The van der Waals surface area contributed by atoms with E-state index >= 15 is 0 Å². The van der Waals surface area contributed by atoms with E-state index in [0.717, 1.165) is 48.3 Å². The van der Waals surface area contributed by atoms with E-state index in [-0.39, 0.29) is 5.91 Å². The molecule has 2 heterocycles. The Bertz CT molecular complexity index is 899. The Kier molecular flexibility index (Phi) is 5.18. The molecule has 0 spiro atoms. The first-order chi connectivity index (χ1) is 13.2. The van der Waals surface area contributed by atoms with Crippen LogP contribution in [-0.4, -0.2) is 49.0 Å². The number of benzene rings is 2. The molecule has 1 aromatic heterocycles. The Balaban J connectivity index is 1.43. The number of thiazole rings is 1. The van der Waals surface area contributed by atoms with E-state index in [1.807, 2.05) is 42.5 Å². The molecule has 3 aromatic rings. The second-order valence-corrected chi connectivity index (χ2v) is 7.54. The summed E-state index contributed by atoms with van der Waals surface area (Å²) in [6.45, 7) is 4.19. The monoisotopic (exact) mass is 378 g/mol. The Morgan fingerprint density at radius 2 is 1.70 bits per heavy atom. The maximum atomic E-state index is 12.2. The van der Waals surface area contributed by atoms with Crippen LogP contribution in [0.25, 0.3) is 11.3 Å². The zero-order valence-electron chi connectivity index (χ0n) is 15.3. The average molecular weight is 379 g/mol. The number of amides is 1. The highest BCUT2D eigenvalue weighted by atomic mass is 32.1. The Morgan fingerprint density at radius 3 is 2.41 bits per heavy atom. The number of hydrogen-bond acceptors (Lipinski definition) is 5. The minimum Gasteiger partial charge on any atom is -0.346 e. The molecule has 6 heteroatoms. The summed E-state index contributed by atoms with van der Waals surface area (Å²) < 4.78 is 0. The molecular formula is C21H22N4OS. The first-order valence-corrected chi connectivity index (χ1v) is 9.93. The van der Waals surface area contributed by atoms with Gasteiger partial charge in [0.1, 0.15) is 0 Å². The van der Waals surface area contributed by atoms with Crippen LogP contribution in [0.5, 0.6) is 0 Å². The lowest BCUT2D eigenvalue weighted by Crippen LogP contribution is -2.44. The van der Waals surface area contributed by atoms with Crippen LogP contribution in [-0.2, 0) is 0 Å². The zero-order chi connectivity index (χ0) is 18.6. The molecule has 5 nitrogen and oxygen atoms in total. The van der Waals surface area contributed by atoms with Crippen molar-refractivity contribution in [1.82, 2.24) is 9.88 Å². The van der Waals surface area contributed by atoms with E-state index in [9.17, 15) is 4.79 Å². The fourth-order valence-corrected chi connectivity index (χ4v) is 3.95. The van der Waals surface area contributed by atoms with Gasteiger partial charge in [0.25, 0.3) is 5.91 Å². The van der Waals surface area contributed by atoms with Gasteiger partial charge in [-0.25, -0.2) is 4.98 Å². The van der Waals surface area contributed by atoms with Crippen molar-refractivity contribution in [2.24, 2.45) is 0 Å². The van der Waals surface area contributed by atoms with Crippen LogP contribution in [0.1, 0.15) is 10.4 Å².